The summed E-state index contributed by atoms with van der Waals surface area (Å²) in [5.41, 5.74) is 6.59. The third-order valence-corrected chi connectivity index (χ3v) is 8.79. The van der Waals surface area contributed by atoms with Crippen molar-refractivity contribution < 1.29 is 0 Å². The molecular formula is C26H14Br2N2S2. The molecule has 0 amide bonds. The third kappa shape index (κ3) is 3.61. The summed E-state index contributed by atoms with van der Waals surface area (Å²) in [4.78, 5) is 9.58. The summed E-state index contributed by atoms with van der Waals surface area (Å²) in [6.07, 6.45) is 0. The number of fused-ring (bicyclic) bond motifs is 2. The fourth-order valence-electron chi connectivity index (χ4n) is 3.72. The predicted octanol–water partition coefficient (Wildman–Crippen LogP) is 9.43. The maximum absolute atomic E-state index is 4.79. The number of aromatic nitrogens is 2. The molecule has 0 unspecified atom stereocenters. The zero-order valence-corrected chi connectivity index (χ0v) is 21.4. The van der Waals surface area contributed by atoms with Gasteiger partial charge in [0, 0.05) is 20.1 Å². The minimum atomic E-state index is 1.03. The van der Waals surface area contributed by atoms with Crippen LogP contribution in [0.25, 0.3) is 52.7 Å². The Kier molecular flexibility index (Phi) is 5.18. The average Bonchev–Trinajstić information content (AvgIpc) is 3.43. The zero-order valence-electron chi connectivity index (χ0n) is 16.5. The maximum Gasteiger partial charge on any atom is 0.124 e. The van der Waals surface area contributed by atoms with Crippen LogP contribution in [0.1, 0.15) is 0 Å². The summed E-state index contributed by atoms with van der Waals surface area (Å²) in [5, 5.41) is 2.06. The minimum absolute atomic E-state index is 1.03. The van der Waals surface area contributed by atoms with Gasteiger partial charge in [0.25, 0.3) is 0 Å². The van der Waals surface area contributed by atoms with Crippen molar-refractivity contribution in [3.8, 4) is 32.3 Å². The summed E-state index contributed by atoms with van der Waals surface area (Å²) < 4.78 is 4.50. The van der Waals surface area contributed by atoms with E-state index in [1.165, 1.54) is 9.40 Å². The molecule has 0 fully saturated rings. The van der Waals surface area contributed by atoms with E-state index in [0.29, 0.717) is 0 Å². The van der Waals surface area contributed by atoms with Crippen molar-refractivity contribution >= 4 is 75.0 Å². The quantitative estimate of drug-likeness (QED) is 0.209. The SMILES string of the molecule is Brc1cc(-c2nc3ccccc3s2)ccc1-c1ccc(-c2nc3ccccc3s2)cc1Br. The first-order valence-electron chi connectivity index (χ1n) is 9.97. The number of benzene rings is 4. The van der Waals surface area contributed by atoms with Crippen LogP contribution in [0.15, 0.2) is 93.9 Å². The zero-order chi connectivity index (χ0) is 21.7. The molecular weight excluding hydrogens is 564 g/mol. The number of rotatable bonds is 3. The first-order valence-corrected chi connectivity index (χ1v) is 13.2. The second-order valence-electron chi connectivity index (χ2n) is 7.36. The first-order chi connectivity index (χ1) is 15.7. The Balaban J connectivity index is 1.36. The van der Waals surface area contributed by atoms with E-state index in [4.69, 9.17) is 9.97 Å². The Bertz CT molecular complexity index is 1430. The summed E-state index contributed by atoms with van der Waals surface area (Å²) in [5.74, 6) is 0. The fourth-order valence-corrected chi connectivity index (χ4v) is 6.83. The van der Waals surface area contributed by atoms with Gasteiger partial charge < -0.3 is 0 Å². The van der Waals surface area contributed by atoms with E-state index >= 15 is 0 Å². The molecule has 2 heterocycles. The van der Waals surface area contributed by atoms with Crippen molar-refractivity contribution in [1.29, 1.82) is 0 Å². The normalized spacial score (nSPS) is 11.4. The lowest BCUT2D eigenvalue weighted by Crippen LogP contribution is -1.86. The van der Waals surface area contributed by atoms with Gasteiger partial charge in [-0.05, 0) is 47.5 Å². The van der Waals surface area contributed by atoms with Gasteiger partial charge >= 0.3 is 0 Å². The number of hydrogen-bond donors (Lipinski definition) is 0. The Morgan fingerprint density at radius 2 is 0.969 bits per heavy atom. The highest BCUT2D eigenvalue weighted by atomic mass is 79.9. The molecule has 4 aromatic carbocycles. The Morgan fingerprint density at radius 3 is 1.38 bits per heavy atom. The van der Waals surface area contributed by atoms with E-state index in [1.807, 2.05) is 12.1 Å². The molecule has 0 bridgehead atoms. The van der Waals surface area contributed by atoms with E-state index < -0.39 is 0 Å². The van der Waals surface area contributed by atoms with Gasteiger partial charge in [-0.3, -0.25) is 0 Å². The van der Waals surface area contributed by atoms with Crippen molar-refractivity contribution in [2.75, 3.05) is 0 Å². The molecule has 0 spiro atoms. The van der Waals surface area contributed by atoms with Crippen LogP contribution in [0.5, 0.6) is 0 Å². The molecule has 6 heteroatoms. The maximum atomic E-state index is 4.79. The fraction of sp³-hybridized carbons (Fsp3) is 0. The molecule has 0 aliphatic heterocycles. The highest BCUT2D eigenvalue weighted by Crippen LogP contribution is 2.40. The Hall–Kier alpha value is -2.38. The monoisotopic (exact) mass is 576 g/mol. The number of nitrogens with zero attached hydrogens (tertiary/aromatic N) is 2. The van der Waals surface area contributed by atoms with Crippen molar-refractivity contribution in [2.45, 2.75) is 0 Å². The molecule has 0 radical (unpaired) electrons. The van der Waals surface area contributed by atoms with Gasteiger partial charge in [-0.25, -0.2) is 9.97 Å². The average molecular weight is 578 g/mol. The van der Waals surface area contributed by atoms with Crippen LogP contribution >= 0.6 is 54.5 Å². The molecule has 0 atom stereocenters. The Labute approximate surface area is 209 Å². The third-order valence-electron chi connectivity index (χ3n) is 5.31. The molecule has 0 aliphatic rings. The highest BCUT2D eigenvalue weighted by Gasteiger charge is 2.13. The van der Waals surface area contributed by atoms with E-state index in [9.17, 15) is 0 Å². The first kappa shape index (κ1) is 20.2. The second kappa shape index (κ2) is 8.19. The topological polar surface area (TPSA) is 25.8 Å². The van der Waals surface area contributed by atoms with Crippen LogP contribution in [0.2, 0.25) is 0 Å². The van der Waals surface area contributed by atoms with Crippen molar-refractivity contribution in [1.82, 2.24) is 9.97 Å². The number of halogens is 2. The van der Waals surface area contributed by atoms with Gasteiger partial charge in [0.05, 0.1) is 20.4 Å². The van der Waals surface area contributed by atoms with Crippen LogP contribution in [0.4, 0.5) is 0 Å². The van der Waals surface area contributed by atoms with Gasteiger partial charge in [0.1, 0.15) is 10.0 Å². The lowest BCUT2D eigenvalue weighted by molar-refractivity contribution is 1.46. The van der Waals surface area contributed by atoms with Crippen molar-refractivity contribution in [3.05, 3.63) is 93.9 Å². The minimum Gasteiger partial charge on any atom is -0.236 e. The molecule has 6 rings (SSSR count). The number of para-hydroxylation sites is 2. The predicted molar refractivity (Wildman–Crippen MR) is 145 cm³/mol. The van der Waals surface area contributed by atoms with Crippen LogP contribution < -0.4 is 0 Å². The molecule has 0 N–H and O–H groups in total. The van der Waals surface area contributed by atoms with E-state index in [0.717, 1.165) is 52.2 Å². The lowest BCUT2D eigenvalue weighted by Gasteiger charge is -2.10. The highest BCUT2D eigenvalue weighted by molar-refractivity contribution is 9.11. The van der Waals surface area contributed by atoms with Gasteiger partial charge in [-0.15, -0.1) is 22.7 Å². The number of hydrogen-bond acceptors (Lipinski definition) is 4. The summed E-state index contributed by atoms with van der Waals surface area (Å²) >= 11 is 11.0. The Morgan fingerprint density at radius 1 is 0.531 bits per heavy atom. The molecule has 0 aliphatic carbocycles. The van der Waals surface area contributed by atoms with E-state index in [2.05, 4.69) is 105 Å². The number of thiazole rings is 2. The van der Waals surface area contributed by atoms with Gasteiger partial charge in [0.2, 0.25) is 0 Å². The molecule has 0 saturated carbocycles. The molecule has 32 heavy (non-hydrogen) atoms. The lowest BCUT2D eigenvalue weighted by atomic mass is 10.0. The smallest absolute Gasteiger partial charge is 0.124 e. The van der Waals surface area contributed by atoms with Crippen LogP contribution in [0.3, 0.4) is 0 Å². The molecule has 6 aromatic rings. The summed E-state index contributed by atoms with van der Waals surface area (Å²) in [6.45, 7) is 0. The van der Waals surface area contributed by atoms with Crippen molar-refractivity contribution in [2.24, 2.45) is 0 Å². The standard InChI is InChI=1S/C26H14Br2N2S2/c27-19-13-15(25-29-21-5-1-3-7-23(21)31-25)9-11-17(19)18-12-10-16(14-20(18)28)26-30-22-6-2-4-8-24(22)32-26/h1-14H. The van der Waals surface area contributed by atoms with Crippen LogP contribution in [0, 0.1) is 0 Å². The summed E-state index contributed by atoms with van der Waals surface area (Å²) in [6, 6.07) is 29.4. The van der Waals surface area contributed by atoms with Gasteiger partial charge in [-0.1, -0.05) is 80.4 Å². The largest absolute Gasteiger partial charge is 0.236 e. The van der Waals surface area contributed by atoms with Gasteiger partial charge in [0.15, 0.2) is 0 Å². The second-order valence-corrected chi connectivity index (χ2v) is 11.1. The summed E-state index contributed by atoms with van der Waals surface area (Å²) in [7, 11) is 0. The van der Waals surface area contributed by atoms with E-state index in [-0.39, 0.29) is 0 Å². The van der Waals surface area contributed by atoms with Crippen LogP contribution in [-0.4, -0.2) is 9.97 Å². The molecule has 154 valence electrons. The van der Waals surface area contributed by atoms with Crippen molar-refractivity contribution in [3.63, 3.8) is 0 Å². The van der Waals surface area contributed by atoms with E-state index in [1.54, 1.807) is 22.7 Å². The van der Waals surface area contributed by atoms with Crippen LogP contribution in [-0.2, 0) is 0 Å². The van der Waals surface area contributed by atoms with Gasteiger partial charge in [-0.2, -0.15) is 0 Å². The molecule has 2 nitrogen and oxygen atoms in total. The molecule has 2 aromatic heterocycles. The molecule has 0 saturated heterocycles.